The van der Waals surface area contributed by atoms with E-state index in [0.717, 1.165) is 16.8 Å². The van der Waals surface area contributed by atoms with E-state index in [1.54, 1.807) is 35.2 Å². The summed E-state index contributed by atoms with van der Waals surface area (Å²) in [6.07, 6.45) is 0. The van der Waals surface area contributed by atoms with Gasteiger partial charge in [-0.1, -0.05) is 12.1 Å². The Kier molecular flexibility index (Phi) is 7.32. The molecule has 9 heteroatoms. The Morgan fingerprint density at radius 1 is 0.974 bits per heavy atom. The van der Waals surface area contributed by atoms with Crippen molar-refractivity contribution in [3.05, 3.63) is 70.7 Å². The zero-order chi connectivity index (χ0) is 27.0. The van der Waals surface area contributed by atoms with E-state index in [0.29, 0.717) is 62.3 Å². The van der Waals surface area contributed by atoms with E-state index in [1.165, 1.54) is 12.1 Å². The number of aryl methyl sites for hydroxylation is 1. The van der Waals surface area contributed by atoms with Gasteiger partial charge in [-0.2, -0.15) is 0 Å². The average molecular weight is 520 g/mol. The predicted molar refractivity (Wildman–Crippen MR) is 144 cm³/mol. The molecule has 0 radical (unpaired) electrons. The maximum Gasteiger partial charge on any atom is 0.295 e. The molecule has 2 aromatic carbocycles. The Hall–Kier alpha value is -3.56. The Labute approximate surface area is 221 Å². The molecule has 38 heavy (non-hydrogen) atoms. The van der Waals surface area contributed by atoms with Gasteiger partial charge in [-0.05, 0) is 56.7 Å². The monoisotopic (exact) mass is 519 g/mol. The number of fused-ring (bicyclic) bond motifs is 1. The highest BCUT2D eigenvalue weighted by molar-refractivity contribution is 6.43. The zero-order valence-electron chi connectivity index (χ0n) is 22.1. The van der Waals surface area contributed by atoms with Crippen LogP contribution in [0.3, 0.4) is 0 Å². The highest BCUT2D eigenvalue weighted by Crippen LogP contribution is 2.28. The number of ketones is 1. The Morgan fingerprint density at radius 2 is 1.68 bits per heavy atom. The van der Waals surface area contributed by atoms with E-state index in [2.05, 4.69) is 22.1 Å². The van der Waals surface area contributed by atoms with Gasteiger partial charge in [0.25, 0.3) is 11.8 Å². The molecular formula is C29H34FN5O3. The third-order valence-electron chi connectivity index (χ3n) is 7.74. The summed E-state index contributed by atoms with van der Waals surface area (Å²) in [4.78, 5) is 48.8. The quantitative estimate of drug-likeness (QED) is 0.400. The number of aromatic amines is 1. The molecule has 2 saturated heterocycles. The number of Topliss-reactive ketones (excluding diaryl/α,β-unsaturated/α-hetero) is 1. The van der Waals surface area contributed by atoms with Gasteiger partial charge in [0.1, 0.15) is 5.82 Å². The molecule has 0 saturated carbocycles. The number of nitrogens with zero attached hydrogens (tertiary/aromatic N) is 3. The van der Waals surface area contributed by atoms with Crippen molar-refractivity contribution >= 4 is 28.5 Å². The van der Waals surface area contributed by atoms with Gasteiger partial charge in [-0.15, -0.1) is 0 Å². The lowest BCUT2D eigenvalue weighted by atomic mass is 10.0. The summed E-state index contributed by atoms with van der Waals surface area (Å²) in [7, 11) is 0. The molecule has 0 spiro atoms. The van der Waals surface area contributed by atoms with E-state index in [-0.39, 0.29) is 23.8 Å². The molecule has 2 unspecified atom stereocenters. The molecule has 2 atom stereocenters. The number of piperazine rings is 2. The summed E-state index contributed by atoms with van der Waals surface area (Å²) in [6, 6.07) is 11.7. The fraction of sp³-hybridized carbons (Fsp3) is 0.414. The number of halogens is 1. The molecule has 2 aliphatic rings. The fourth-order valence-electron chi connectivity index (χ4n) is 5.55. The topological polar surface area (TPSA) is 88.8 Å². The van der Waals surface area contributed by atoms with Gasteiger partial charge in [0.2, 0.25) is 5.78 Å². The SMILES string of the molecule is Cc1[nH]c2ccc(C(=O)C(=O)N3CCNCC3)cc2c1C(=O)N1CC(C)N(Cc2ccc(F)cc2)CC1C. The largest absolute Gasteiger partial charge is 0.358 e. The van der Waals surface area contributed by atoms with Gasteiger partial charge in [-0.25, -0.2) is 4.39 Å². The summed E-state index contributed by atoms with van der Waals surface area (Å²) in [5.74, 6) is -1.40. The Balaban J connectivity index is 1.36. The minimum Gasteiger partial charge on any atom is -0.358 e. The molecule has 8 nitrogen and oxygen atoms in total. The van der Waals surface area contributed by atoms with E-state index < -0.39 is 11.7 Å². The standard InChI is InChI=1S/C29H34FN5O3/c1-18-16-35(19(2)15-34(18)17-21-4-7-23(30)8-5-21)28(37)26-20(3)32-25-9-6-22(14-24(25)26)27(36)29(38)33-12-10-31-11-13-33/h4-9,14,18-19,31-32H,10-13,15-17H2,1-3H3. The number of aromatic nitrogens is 1. The Bertz CT molecular complexity index is 1360. The second-order valence-corrected chi connectivity index (χ2v) is 10.5. The maximum absolute atomic E-state index is 13.9. The van der Waals surface area contributed by atoms with Crippen molar-refractivity contribution in [1.29, 1.82) is 0 Å². The summed E-state index contributed by atoms with van der Waals surface area (Å²) in [6.45, 7) is 10.3. The first-order chi connectivity index (χ1) is 18.2. The van der Waals surface area contributed by atoms with Crippen LogP contribution in [-0.4, -0.2) is 88.6 Å². The summed E-state index contributed by atoms with van der Waals surface area (Å²) in [5, 5.41) is 3.83. The van der Waals surface area contributed by atoms with Crippen molar-refractivity contribution in [2.24, 2.45) is 0 Å². The lowest BCUT2D eigenvalue weighted by Crippen LogP contribution is -2.57. The molecule has 0 bridgehead atoms. The van der Waals surface area contributed by atoms with Crippen molar-refractivity contribution in [3.8, 4) is 0 Å². The van der Waals surface area contributed by atoms with Crippen molar-refractivity contribution in [2.45, 2.75) is 39.4 Å². The van der Waals surface area contributed by atoms with Crippen LogP contribution < -0.4 is 5.32 Å². The minimum absolute atomic E-state index is 0.0393. The van der Waals surface area contributed by atoms with Crippen molar-refractivity contribution in [3.63, 3.8) is 0 Å². The van der Waals surface area contributed by atoms with Gasteiger partial charge < -0.3 is 20.1 Å². The van der Waals surface area contributed by atoms with Gasteiger partial charge in [0.05, 0.1) is 5.56 Å². The molecule has 200 valence electrons. The van der Waals surface area contributed by atoms with Crippen LogP contribution in [0.15, 0.2) is 42.5 Å². The Morgan fingerprint density at radius 3 is 2.39 bits per heavy atom. The number of hydrogen-bond acceptors (Lipinski definition) is 5. The molecule has 1 aromatic heterocycles. The highest BCUT2D eigenvalue weighted by atomic mass is 19.1. The first-order valence-electron chi connectivity index (χ1n) is 13.2. The van der Waals surface area contributed by atoms with Crippen molar-refractivity contribution in [1.82, 2.24) is 25.0 Å². The number of H-pyrrole nitrogens is 1. The first-order valence-corrected chi connectivity index (χ1v) is 13.2. The van der Waals surface area contributed by atoms with Crippen LogP contribution in [0.4, 0.5) is 4.39 Å². The molecule has 2 amide bonds. The van der Waals surface area contributed by atoms with Crippen molar-refractivity contribution < 1.29 is 18.8 Å². The van der Waals surface area contributed by atoms with Gasteiger partial charge in [0.15, 0.2) is 0 Å². The van der Waals surface area contributed by atoms with Crippen LogP contribution in [-0.2, 0) is 11.3 Å². The fourth-order valence-corrected chi connectivity index (χ4v) is 5.55. The lowest BCUT2D eigenvalue weighted by Gasteiger charge is -2.44. The second-order valence-electron chi connectivity index (χ2n) is 10.5. The minimum atomic E-state index is -0.553. The summed E-state index contributed by atoms with van der Waals surface area (Å²) in [5.41, 5.74) is 3.35. The third kappa shape index (κ3) is 5.08. The molecule has 0 aliphatic carbocycles. The van der Waals surface area contributed by atoms with Crippen LogP contribution in [0.25, 0.3) is 10.9 Å². The van der Waals surface area contributed by atoms with Crippen LogP contribution in [0.5, 0.6) is 0 Å². The number of amides is 2. The summed E-state index contributed by atoms with van der Waals surface area (Å²) < 4.78 is 13.3. The zero-order valence-corrected chi connectivity index (χ0v) is 22.1. The van der Waals surface area contributed by atoms with Crippen LogP contribution in [0, 0.1) is 12.7 Å². The van der Waals surface area contributed by atoms with Crippen LogP contribution in [0.2, 0.25) is 0 Å². The lowest BCUT2D eigenvalue weighted by molar-refractivity contribution is -0.127. The first kappa shape index (κ1) is 26.1. The number of nitrogens with one attached hydrogen (secondary N) is 2. The predicted octanol–water partition coefficient (Wildman–Crippen LogP) is 2.96. The molecule has 3 aromatic rings. The smallest absolute Gasteiger partial charge is 0.295 e. The molecule has 2 N–H and O–H groups in total. The number of carbonyl (C=O) groups excluding carboxylic acids is 3. The number of carbonyl (C=O) groups is 3. The van der Waals surface area contributed by atoms with Crippen LogP contribution in [0.1, 0.15) is 45.8 Å². The number of hydrogen-bond donors (Lipinski definition) is 2. The van der Waals surface area contributed by atoms with Gasteiger partial charge in [0, 0.05) is 80.1 Å². The molecular weight excluding hydrogens is 485 g/mol. The molecule has 3 heterocycles. The molecule has 2 fully saturated rings. The van der Waals surface area contributed by atoms with E-state index in [4.69, 9.17) is 0 Å². The third-order valence-corrected chi connectivity index (χ3v) is 7.74. The van der Waals surface area contributed by atoms with E-state index in [9.17, 15) is 18.8 Å². The van der Waals surface area contributed by atoms with Gasteiger partial charge >= 0.3 is 0 Å². The molecule has 2 aliphatic heterocycles. The number of benzene rings is 2. The maximum atomic E-state index is 13.9. The number of rotatable bonds is 5. The van der Waals surface area contributed by atoms with E-state index >= 15 is 0 Å². The highest BCUT2D eigenvalue weighted by Gasteiger charge is 2.34. The van der Waals surface area contributed by atoms with Gasteiger partial charge in [-0.3, -0.25) is 19.3 Å². The summed E-state index contributed by atoms with van der Waals surface area (Å²) >= 11 is 0. The van der Waals surface area contributed by atoms with E-state index in [1.807, 2.05) is 18.7 Å². The average Bonchev–Trinajstić information content (AvgIpc) is 3.25. The van der Waals surface area contributed by atoms with Crippen molar-refractivity contribution in [2.75, 3.05) is 39.3 Å². The molecule has 5 rings (SSSR count). The normalized spacial score (nSPS) is 20.6. The van der Waals surface area contributed by atoms with Crippen LogP contribution >= 0.6 is 0 Å². The second kappa shape index (κ2) is 10.7.